The first-order valence-corrected chi connectivity index (χ1v) is 11.2. The molecule has 2 heterocycles. The predicted molar refractivity (Wildman–Crippen MR) is 122 cm³/mol. The molecule has 1 N–H and O–H groups in total. The molecular weight excluding hydrogens is 449 g/mol. The second-order valence-corrected chi connectivity index (χ2v) is 8.58. The number of rotatable bonds is 9. The third kappa shape index (κ3) is 7.17. The Morgan fingerprint density at radius 3 is 2.76 bits per heavy atom. The highest BCUT2D eigenvalue weighted by molar-refractivity contribution is 6.30. The van der Waals surface area contributed by atoms with Crippen LogP contribution < -0.4 is 9.47 Å². The average Bonchev–Trinajstić information content (AvgIpc) is 3.12. The largest absolute Gasteiger partial charge is 0.492 e. The Morgan fingerprint density at radius 2 is 2.00 bits per heavy atom. The van der Waals surface area contributed by atoms with E-state index in [1.165, 1.54) is 12.1 Å². The van der Waals surface area contributed by atoms with Crippen LogP contribution in [0.2, 0.25) is 5.02 Å². The number of β-amino-alcohol motifs (C(OH)–C–C–N with tert-alkyl or cyclic N) is 1. The van der Waals surface area contributed by atoms with Crippen molar-refractivity contribution < 1.29 is 23.7 Å². The molecule has 2 aromatic carbocycles. The third-order valence-electron chi connectivity index (χ3n) is 5.26. The van der Waals surface area contributed by atoms with Crippen LogP contribution in [0.4, 0.5) is 4.39 Å². The summed E-state index contributed by atoms with van der Waals surface area (Å²) in [6, 6.07) is 13.8. The van der Waals surface area contributed by atoms with Gasteiger partial charge < -0.3 is 19.3 Å². The minimum atomic E-state index is -1.19. The molecule has 33 heavy (non-hydrogen) atoms. The van der Waals surface area contributed by atoms with Gasteiger partial charge in [-0.3, -0.25) is 9.58 Å². The molecule has 1 fully saturated rings. The van der Waals surface area contributed by atoms with Crippen molar-refractivity contribution in [1.29, 1.82) is 0 Å². The number of aromatic nitrogens is 2. The highest BCUT2D eigenvalue weighted by Crippen LogP contribution is 2.20. The van der Waals surface area contributed by atoms with Crippen LogP contribution in [0.1, 0.15) is 5.56 Å². The van der Waals surface area contributed by atoms with Gasteiger partial charge in [0.1, 0.15) is 36.1 Å². The molecular formula is C24H27ClFN3O4. The number of ether oxygens (including phenoxy) is 3. The van der Waals surface area contributed by atoms with Gasteiger partial charge in [0.25, 0.3) is 0 Å². The lowest BCUT2D eigenvalue weighted by atomic mass is 10.1. The molecule has 0 radical (unpaired) electrons. The van der Waals surface area contributed by atoms with E-state index in [9.17, 15) is 9.50 Å². The first-order valence-electron chi connectivity index (χ1n) is 10.8. The van der Waals surface area contributed by atoms with Gasteiger partial charge in [-0.1, -0.05) is 29.8 Å². The summed E-state index contributed by atoms with van der Waals surface area (Å²) in [7, 11) is 0. The van der Waals surface area contributed by atoms with Crippen LogP contribution in [-0.4, -0.2) is 64.9 Å². The third-order valence-corrected chi connectivity index (χ3v) is 5.46. The van der Waals surface area contributed by atoms with Gasteiger partial charge >= 0.3 is 0 Å². The van der Waals surface area contributed by atoms with Crippen LogP contribution in [0.25, 0.3) is 0 Å². The molecule has 176 valence electrons. The van der Waals surface area contributed by atoms with E-state index in [0.29, 0.717) is 50.2 Å². The molecule has 0 spiro atoms. The van der Waals surface area contributed by atoms with Gasteiger partial charge in [-0.25, -0.2) is 4.39 Å². The summed E-state index contributed by atoms with van der Waals surface area (Å²) in [5.41, 5.74) is -0.0992. The summed E-state index contributed by atoms with van der Waals surface area (Å²) in [6.45, 7) is 3.50. The normalized spacial score (nSPS) is 19.2. The molecule has 9 heteroatoms. The summed E-state index contributed by atoms with van der Waals surface area (Å²) in [5.74, 6) is 0.776. The van der Waals surface area contributed by atoms with Crippen molar-refractivity contribution in [3.8, 4) is 11.5 Å². The molecule has 1 aliphatic rings. The van der Waals surface area contributed by atoms with Gasteiger partial charge in [0.2, 0.25) is 0 Å². The number of aliphatic hydroxyl groups is 1. The summed E-state index contributed by atoms with van der Waals surface area (Å²) in [5, 5.41) is 15.8. The van der Waals surface area contributed by atoms with Gasteiger partial charge in [0.05, 0.1) is 31.0 Å². The van der Waals surface area contributed by atoms with Crippen LogP contribution >= 0.6 is 11.6 Å². The van der Waals surface area contributed by atoms with E-state index in [2.05, 4.69) is 10.00 Å². The first kappa shape index (κ1) is 23.5. The van der Waals surface area contributed by atoms with E-state index >= 15 is 0 Å². The van der Waals surface area contributed by atoms with Crippen LogP contribution in [0.15, 0.2) is 60.9 Å². The van der Waals surface area contributed by atoms with Crippen molar-refractivity contribution in [2.75, 3.05) is 39.5 Å². The topological polar surface area (TPSA) is 69.0 Å². The number of benzene rings is 2. The summed E-state index contributed by atoms with van der Waals surface area (Å²) < 4.78 is 32.1. The molecule has 0 aliphatic carbocycles. The maximum Gasteiger partial charge on any atom is 0.134 e. The Hall–Kier alpha value is -2.65. The van der Waals surface area contributed by atoms with Crippen LogP contribution in [0.3, 0.4) is 0 Å². The highest BCUT2D eigenvalue weighted by Gasteiger charge is 2.33. The van der Waals surface area contributed by atoms with Crippen LogP contribution in [0.5, 0.6) is 11.5 Å². The second kappa shape index (κ2) is 11.0. The van der Waals surface area contributed by atoms with E-state index < -0.39 is 5.60 Å². The molecule has 1 saturated heterocycles. The van der Waals surface area contributed by atoms with Gasteiger partial charge in [-0.15, -0.1) is 0 Å². The molecule has 0 unspecified atom stereocenters. The Labute approximate surface area is 197 Å². The minimum Gasteiger partial charge on any atom is -0.492 e. The smallest absolute Gasteiger partial charge is 0.134 e. The molecule has 3 aromatic rings. The van der Waals surface area contributed by atoms with E-state index in [-0.39, 0.29) is 19.0 Å². The molecule has 7 nitrogen and oxygen atoms in total. The summed E-state index contributed by atoms with van der Waals surface area (Å²) in [6.07, 6.45) is 3.35. The van der Waals surface area contributed by atoms with E-state index in [1.54, 1.807) is 29.2 Å². The molecule has 1 aliphatic heterocycles. The lowest BCUT2D eigenvalue weighted by molar-refractivity contribution is -0.0647. The zero-order valence-electron chi connectivity index (χ0n) is 18.2. The SMILES string of the molecule is O[C@]1(COc2cccc(F)c2)COCCN(Cc2ccc(OCCn3cc(Cl)cn3)cc2)C1. The standard InChI is InChI=1S/C24H27ClFN3O4/c25-20-13-27-29(15-20)9-11-32-22-6-4-19(5-7-22)14-28-8-10-31-17-24(30,16-28)18-33-23-3-1-2-21(26)12-23/h1-7,12-13,15,30H,8-11,14,16-18H2/t24-/m0/s1. The Morgan fingerprint density at radius 1 is 1.15 bits per heavy atom. The van der Waals surface area contributed by atoms with E-state index in [1.807, 2.05) is 24.3 Å². The van der Waals surface area contributed by atoms with Gasteiger partial charge in [0, 0.05) is 31.9 Å². The van der Waals surface area contributed by atoms with E-state index in [4.69, 9.17) is 25.8 Å². The minimum absolute atomic E-state index is 0.0151. The van der Waals surface area contributed by atoms with Gasteiger partial charge in [-0.2, -0.15) is 5.10 Å². The highest BCUT2D eigenvalue weighted by atomic mass is 35.5. The molecule has 0 saturated carbocycles. The van der Waals surface area contributed by atoms with Gasteiger partial charge in [-0.05, 0) is 29.8 Å². The fraction of sp³-hybridized carbons (Fsp3) is 0.375. The summed E-state index contributed by atoms with van der Waals surface area (Å²) in [4.78, 5) is 2.12. The molecule has 0 bridgehead atoms. The summed E-state index contributed by atoms with van der Waals surface area (Å²) >= 11 is 5.86. The quantitative estimate of drug-likeness (QED) is 0.511. The zero-order valence-corrected chi connectivity index (χ0v) is 19.0. The Bertz CT molecular complexity index is 1030. The molecule has 4 rings (SSSR count). The average molecular weight is 476 g/mol. The number of halogens is 2. The number of nitrogens with zero attached hydrogens (tertiary/aromatic N) is 3. The lowest BCUT2D eigenvalue weighted by Gasteiger charge is -2.30. The van der Waals surface area contributed by atoms with Crippen molar-refractivity contribution in [3.63, 3.8) is 0 Å². The van der Waals surface area contributed by atoms with Crippen molar-refractivity contribution in [1.82, 2.24) is 14.7 Å². The van der Waals surface area contributed by atoms with Crippen molar-refractivity contribution in [3.05, 3.63) is 77.3 Å². The lowest BCUT2D eigenvalue weighted by Crippen LogP contribution is -2.48. The van der Waals surface area contributed by atoms with E-state index in [0.717, 1.165) is 11.3 Å². The van der Waals surface area contributed by atoms with Crippen molar-refractivity contribution in [2.24, 2.45) is 0 Å². The zero-order chi connectivity index (χ0) is 23.1. The maximum absolute atomic E-state index is 13.4. The number of hydrogen-bond donors (Lipinski definition) is 1. The van der Waals surface area contributed by atoms with Crippen molar-refractivity contribution in [2.45, 2.75) is 18.7 Å². The van der Waals surface area contributed by atoms with Crippen molar-refractivity contribution >= 4 is 11.6 Å². The van der Waals surface area contributed by atoms with Crippen LogP contribution in [0, 0.1) is 5.82 Å². The molecule has 1 atom stereocenters. The number of hydrogen-bond acceptors (Lipinski definition) is 6. The van der Waals surface area contributed by atoms with Crippen LogP contribution in [-0.2, 0) is 17.8 Å². The fourth-order valence-electron chi connectivity index (χ4n) is 3.66. The Kier molecular flexibility index (Phi) is 7.82. The predicted octanol–water partition coefficient (Wildman–Crippen LogP) is 3.40. The Balaban J connectivity index is 1.28. The fourth-order valence-corrected chi connectivity index (χ4v) is 3.82. The maximum atomic E-state index is 13.4. The molecule has 1 aromatic heterocycles. The second-order valence-electron chi connectivity index (χ2n) is 8.15. The first-order chi connectivity index (χ1) is 16.0. The monoisotopic (exact) mass is 475 g/mol. The van der Waals surface area contributed by atoms with Gasteiger partial charge in [0.15, 0.2) is 0 Å². The molecule has 0 amide bonds.